The van der Waals surface area contributed by atoms with Crippen LogP contribution in [0.2, 0.25) is 0 Å². The molecule has 3 aromatic rings. The average molecular weight is 474 g/mol. The van der Waals surface area contributed by atoms with Crippen LogP contribution in [0.1, 0.15) is 29.8 Å². The first-order valence-corrected chi connectivity index (χ1v) is 10.9. The van der Waals surface area contributed by atoms with Gasteiger partial charge in [0.2, 0.25) is 5.91 Å². The fourth-order valence-corrected chi connectivity index (χ4v) is 4.03. The predicted molar refractivity (Wildman–Crippen MR) is 119 cm³/mol. The van der Waals surface area contributed by atoms with Gasteiger partial charge in [-0.2, -0.15) is 5.10 Å². The molecule has 1 aliphatic rings. The van der Waals surface area contributed by atoms with Crippen LogP contribution in [0.25, 0.3) is 5.82 Å². The summed E-state index contributed by atoms with van der Waals surface area (Å²) in [6.07, 6.45) is -3.58. The molecule has 0 saturated carbocycles. The van der Waals surface area contributed by atoms with Crippen LogP contribution < -0.4 is 15.0 Å². The number of amides is 1. The van der Waals surface area contributed by atoms with Crippen LogP contribution in [0.4, 0.5) is 19.0 Å². The summed E-state index contributed by atoms with van der Waals surface area (Å²) in [6.45, 7) is 5.08. The van der Waals surface area contributed by atoms with Crippen molar-refractivity contribution in [2.24, 2.45) is 5.92 Å². The number of carbonyl (C=O) groups is 1. The van der Waals surface area contributed by atoms with E-state index in [0.29, 0.717) is 31.7 Å². The lowest BCUT2D eigenvalue weighted by Gasteiger charge is -2.31. The molecular formula is C23H25F3N6O2. The van der Waals surface area contributed by atoms with Gasteiger partial charge in [-0.1, -0.05) is 18.2 Å². The van der Waals surface area contributed by atoms with Crippen LogP contribution in [-0.2, 0) is 11.3 Å². The molecule has 11 heteroatoms. The van der Waals surface area contributed by atoms with Crippen LogP contribution in [0.15, 0.2) is 42.5 Å². The topological polar surface area (TPSA) is 85.2 Å². The van der Waals surface area contributed by atoms with Gasteiger partial charge in [-0.25, -0.2) is 4.68 Å². The van der Waals surface area contributed by atoms with Gasteiger partial charge in [-0.15, -0.1) is 23.4 Å². The lowest BCUT2D eigenvalue weighted by atomic mass is 9.96. The zero-order valence-corrected chi connectivity index (χ0v) is 18.8. The molecule has 1 saturated heterocycles. The van der Waals surface area contributed by atoms with Gasteiger partial charge >= 0.3 is 6.36 Å². The third kappa shape index (κ3) is 5.64. The maximum Gasteiger partial charge on any atom is 0.573 e. The van der Waals surface area contributed by atoms with Crippen LogP contribution >= 0.6 is 0 Å². The zero-order chi connectivity index (χ0) is 24.3. The molecule has 1 aliphatic heterocycles. The van der Waals surface area contributed by atoms with Crippen molar-refractivity contribution < 1.29 is 22.7 Å². The Hall–Kier alpha value is -3.63. The Kier molecular flexibility index (Phi) is 6.71. The van der Waals surface area contributed by atoms with E-state index in [1.165, 1.54) is 18.2 Å². The molecule has 4 rings (SSSR count). The van der Waals surface area contributed by atoms with Gasteiger partial charge in [-0.05, 0) is 51.0 Å². The molecule has 1 amide bonds. The van der Waals surface area contributed by atoms with Gasteiger partial charge in [0, 0.05) is 36.8 Å². The minimum atomic E-state index is -4.79. The molecule has 0 radical (unpaired) electrons. The SMILES string of the molecule is Cc1cc(C)n(-c2ccc(N3CCC(C(=O)NCc4ccccc4OC(F)(F)F)CC3)nn2)n1. The molecule has 0 atom stereocenters. The molecular weight excluding hydrogens is 449 g/mol. The van der Waals surface area contributed by atoms with Gasteiger partial charge in [-0.3, -0.25) is 4.79 Å². The summed E-state index contributed by atoms with van der Waals surface area (Å²) in [4.78, 5) is 14.7. The maximum absolute atomic E-state index is 12.6. The van der Waals surface area contributed by atoms with E-state index in [1.807, 2.05) is 32.0 Å². The van der Waals surface area contributed by atoms with Crippen molar-refractivity contribution in [2.75, 3.05) is 18.0 Å². The number of nitrogens with one attached hydrogen (secondary N) is 1. The van der Waals surface area contributed by atoms with E-state index in [1.54, 1.807) is 10.7 Å². The van der Waals surface area contributed by atoms with Crippen molar-refractivity contribution in [1.82, 2.24) is 25.3 Å². The number of rotatable bonds is 6. The largest absolute Gasteiger partial charge is 0.573 e. The Bertz CT molecular complexity index is 1140. The number of alkyl halides is 3. The first-order chi connectivity index (χ1) is 16.2. The predicted octanol–water partition coefficient (Wildman–Crippen LogP) is 3.71. The number of aromatic nitrogens is 4. The Morgan fingerprint density at radius 1 is 1.09 bits per heavy atom. The molecule has 0 spiro atoms. The van der Waals surface area contributed by atoms with Crippen molar-refractivity contribution in [3.63, 3.8) is 0 Å². The highest BCUT2D eigenvalue weighted by Gasteiger charge is 2.32. The summed E-state index contributed by atoms with van der Waals surface area (Å²) in [5.74, 6) is 0.634. The molecule has 0 unspecified atom stereocenters. The van der Waals surface area contributed by atoms with Crippen molar-refractivity contribution >= 4 is 11.7 Å². The molecule has 180 valence electrons. The molecule has 8 nitrogen and oxygen atoms in total. The minimum absolute atomic E-state index is 0.0371. The maximum atomic E-state index is 12.6. The molecule has 1 fully saturated rings. The number of benzene rings is 1. The highest BCUT2D eigenvalue weighted by Crippen LogP contribution is 2.27. The van der Waals surface area contributed by atoms with Gasteiger partial charge in [0.1, 0.15) is 5.75 Å². The van der Waals surface area contributed by atoms with Crippen molar-refractivity contribution in [3.05, 3.63) is 59.4 Å². The number of para-hydroxylation sites is 1. The highest BCUT2D eigenvalue weighted by atomic mass is 19.4. The summed E-state index contributed by atoms with van der Waals surface area (Å²) in [5.41, 5.74) is 2.14. The number of anilines is 1. The van der Waals surface area contributed by atoms with Gasteiger partial charge in [0.25, 0.3) is 0 Å². The van der Waals surface area contributed by atoms with Crippen molar-refractivity contribution in [2.45, 2.75) is 39.6 Å². The lowest BCUT2D eigenvalue weighted by molar-refractivity contribution is -0.274. The number of hydrogen-bond donors (Lipinski definition) is 1. The summed E-state index contributed by atoms with van der Waals surface area (Å²) in [5, 5.41) is 15.8. The zero-order valence-electron chi connectivity index (χ0n) is 18.8. The number of halogens is 3. The van der Waals surface area contributed by atoms with E-state index in [4.69, 9.17) is 0 Å². The number of aryl methyl sites for hydroxylation is 2. The standard InChI is InChI=1S/C23H25F3N6O2/c1-15-13-16(2)32(30-15)21-8-7-20(28-29-21)31-11-9-17(10-12-31)22(33)27-14-18-5-3-4-6-19(18)34-23(24,25)26/h3-8,13,17H,9-12,14H2,1-2H3,(H,27,33). The molecule has 3 heterocycles. The highest BCUT2D eigenvalue weighted by molar-refractivity contribution is 5.79. The quantitative estimate of drug-likeness (QED) is 0.586. The molecule has 34 heavy (non-hydrogen) atoms. The van der Waals surface area contributed by atoms with Crippen LogP contribution in [0.3, 0.4) is 0 Å². The summed E-state index contributed by atoms with van der Waals surface area (Å²) in [7, 11) is 0. The molecule has 1 aromatic carbocycles. The van der Waals surface area contributed by atoms with E-state index in [9.17, 15) is 18.0 Å². The first kappa shape index (κ1) is 23.5. The number of hydrogen-bond acceptors (Lipinski definition) is 6. The summed E-state index contributed by atoms with van der Waals surface area (Å²) in [6, 6.07) is 11.5. The van der Waals surface area contributed by atoms with Gasteiger partial charge in [0.05, 0.1) is 5.69 Å². The minimum Gasteiger partial charge on any atom is -0.405 e. The Morgan fingerprint density at radius 2 is 1.76 bits per heavy atom. The third-order valence-electron chi connectivity index (χ3n) is 5.70. The van der Waals surface area contributed by atoms with Crippen molar-refractivity contribution in [1.29, 1.82) is 0 Å². The fraction of sp³-hybridized carbons (Fsp3) is 0.391. The second kappa shape index (κ2) is 9.70. The molecule has 0 bridgehead atoms. The molecule has 2 aromatic heterocycles. The van der Waals surface area contributed by atoms with Crippen LogP contribution in [0.5, 0.6) is 5.75 Å². The van der Waals surface area contributed by atoms with Crippen LogP contribution in [-0.4, -0.2) is 45.3 Å². The van der Waals surface area contributed by atoms with E-state index in [2.05, 4.69) is 30.2 Å². The van der Waals surface area contributed by atoms with E-state index in [0.717, 1.165) is 17.2 Å². The number of carbonyl (C=O) groups excluding carboxylic acids is 1. The lowest BCUT2D eigenvalue weighted by Crippen LogP contribution is -2.40. The number of ether oxygens (including phenoxy) is 1. The Morgan fingerprint density at radius 3 is 2.38 bits per heavy atom. The Balaban J connectivity index is 1.30. The van der Waals surface area contributed by atoms with Gasteiger partial charge < -0.3 is 15.0 Å². The second-order valence-corrected chi connectivity index (χ2v) is 8.22. The second-order valence-electron chi connectivity index (χ2n) is 8.22. The third-order valence-corrected chi connectivity index (χ3v) is 5.70. The first-order valence-electron chi connectivity index (χ1n) is 10.9. The summed E-state index contributed by atoms with van der Waals surface area (Å²) >= 11 is 0. The number of nitrogens with zero attached hydrogens (tertiary/aromatic N) is 5. The van der Waals surface area contributed by atoms with Crippen LogP contribution in [0, 0.1) is 19.8 Å². The average Bonchev–Trinajstić information content (AvgIpc) is 3.15. The normalized spacial score (nSPS) is 14.8. The fourth-order valence-electron chi connectivity index (χ4n) is 4.03. The van der Waals surface area contributed by atoms with E-state index in [-0.39, 0.29) is 29.7 Å². The molecule has 0 aliphatic carbocycles. The van der Waals surface area contributed by atoms with Crippen molar-refractivity contribution in [3.8, 4) is 11.6 Å². The molecule has 1 N–H and O–H groups in total. The number of piperidine rings is 1. The Labute approximate surface area is 194 Å². The van der Waals surface area contributed by atoms with E-state index >= 15 is 0 Å². The monoisotopic (exact) mass is 474 g/mol. The smallest absolute Gasteiger partial charge is 0.405 e. The summed E-state index contributed by atoms with van der Waals surface area (Å²) < 4.78 is 43.5. The van der Waals surface area contributed by atoms with Gasteiger partial charge in [0.15, 0.2) is 11.6 Å². The van der Waals surface area contributed by atoms with E-state index < -0.39 is 6.36 Å².